The molecule has 0 aliphatic heterocycles. The molecular formula is C10H16N2O2S. The lowest BCUT2D eigenvalue weighted by Crippen LogP contribution is -2.28. The van der Waals surface area contributed by atoms with Gasteiger partial charge in [-0.25, -0.2) is 9.78 Å². The second-order valence-electron chi connectivity index (χ2n) is 3.32. The Labute approximate surface area is 93.4 Å². The van der Waals surface area contributed by atoms with E-state index in [0.29, 0.717) is 11.6 Å². The standard InChI is InChI=1S/C10H16N2O2S/c1-3-5-8(9(13)14)12-10-11-7(4-2)6-15-10/h6,8H,3-5H2,1-2H3,(H,11,12)(H,13,14). The van der Waals surface area contributed by atoms with Gasteiger partial charge in [0.25, 0.3) is 0 Å². The number of thiazole rings is 1. The lowest BCUT2D eigenvalue weighted by Gasteiger charge is -2.11. The molecule has 0 fully saturated rings. The first-order valence-electron chi connectivity index (χ1n) is 5.11. The summed E-state index contributed by atoms with van der Waals surface area (Å²) >= 11 is 1.46. The van der Waals surface area contributed by atoms with Gasteiger partial charge in [0.05, 0.1) is 5.69 Å². The molecule has 1 rings (SSSR count). The van der Waals surface area contributed by atoms with Crippen molar-refractivity contribution in [2.45, 2.75) is 39.2 Å². The van der Waals surface area contributed by atoms with Crippen molar-refractivity contribution in [3.05, 3.63) is 11.1 Å². The van der Waals surface area contributed by atoms with Gasteiger partial charge in [-0.05, 0) is 12.8 Å². The van der Waals surface area contributed by atoms with Crippen molar-refractivity contribution in [2.24, 2.45) is 0 Å². The van der Waals surface area contributed by atoms with Crippen LogP contribution in [0.15, 0.2) is 5.38 Å². The van der Waals surface area contributed by atoms with Crippen LogP contribution in [0.25, 0.3) is 0 Å². The maximum atomic E-state index is 10.9. The van der Waals surface area contributed by atoms with E-state index < -0.39 is 12.0 Å². The minimum absolute atomic E-state index is 0.522. The zero-order valence-corrected chi connectivity index (χ0v) is 9.80. The zero-order valence-electron chi connectivity index (χ0n) is 8.99. The van der Waals surface area contributed by atoms with Gasteiger partial charge in [0.15, 0.2) is 5.13 Å². The predicted molar refractivity (Wildman–Crippen MR) is 61.4 cm³/mol. The summed E-state index contributed by atoms with van der Waals surface area (Å²) < 4.78 is 0. The maximum absolute atomic E-state index is 10.9. The Balaban J connectivity index is 2.61. The van der Waals surface area contributed by atoms with Crippen molar-refractivity contribution >= 4 is 22.4 Å². The first-order valence-corrected chi connectivity index (χ1v) is 5.99. The van der Waals surface area contributed by atoms with Crippen LogP contribution in [0.4, 0.5) is 5.13 Å². The molecule has 1 atom stereocenters. The van der Waals surface area contributed by atoms with Crippen LogP contribution in [0, 0.1) is 0 Å². The average Bonchev–Trinajstić information content (AvgIpc) is 2.65. The van der Waals surface area contributed by atoms with Gasteiger partial charge in [0, 0.05) is 5.38 Å². The Morgan fingerprint density at radius 3 is 2.87 bits per heavy atom. The third-order valence-electron chi connectivity index (χ3n) is 2.09. The third-order valence-corrected chi connectivity index (χ3v) is 2.91. The normalized spacial score (nSPS) is 12.4. The van der Waals surface area contributed by atoms with Crippen molar-refractivity contribution in [3.8, 4) is 0 Å². The Morgan fingerprint density at radius 2 is 2.40 bits per heavy atom. The topological polar surface area (TPSA) is 62.2 Å². The summed E-state index contributed by atoms with van der Waals surface area (Å²) in [5, 5.41) is 14.5. The Hall–Kier alpha value is -1.10. The van der Waals surface area contributed by atoms with Gasteiger partial charge in [-0.2, -0.15) is 0 Å². The molecule has 1 heterocycles. The van der Waals surface area contributed by atoms with Crippen LogP contribution in [0.3, 0.4) is 0 Å². The van der Waals surface area contributed by atoms with Crippen LogP contribution in [0.2, 0.25) is 0 Å². The van der Waals surface area contributed by atoms with Crippen LogP contribution in [-0.4, -0.2) is 22.1 Å². The maximum Gasteiger partial charge on any atom is 0.326 e. The first kappa shape index (κ1) is 12.0. The molecule has 0 saturated heterocycles. The molecule has 0 amide bonds. The summed E-state index contributed by atoms with van der Waals surface area (Å²) in [5.74, 6) is -0.815. The number of aryl methyl sites for hydroxylation is 1. The number of hydrogen-bond acceptors (Lipinski definition) is 4. The van der Waals surface area contributed by atoms with Crippen LogP contribution >= 0.6 is 11.3 Å². The summed E-state index contributed by atoms with van der Waals surface area (Å²) in [4.78, 5) is 15.2. The Bertz CT molecular complexity index is 325. The lowest BCUT2D eigenvalue weighted by atomic mass is 10.2. The van der Waals surface area contributed by atoms with E-state index in [4.69, 9.17) is 5.11 Å². The molecule has 0 spiro atoms. The molecule has 5 heteroatoms. The quantitative estimate of drug-likeness (QED) is 0.784. The molecule has 0 aromatic carbocycles. The van der Waals surface area contributed by atoms with Gasteiger partial charge in [-0.1, -0.05) is 20.3 Å². The van der Waals surface area contributed by atoms with Gasteiger partial charge >= 0.3 is 5.97 Å². The fourth-order valence-electron chi connectivity index (χ4n) is 1.23. The van der Waals surface area contributed by atoms with E-state index in [2.05, 4.69) is 10.3 Å². The molecule has 84 valence electrons. The second-order valence-corrected chi connectivity index (χ2v) is 4.18. The van der Waals surface area contributed by atoms with Crippen molar-refractivity contribution in [2.75, 3.05) is 5.32 Å². The minimum atomic E-state index is -0.815. The number of aliphatic carboxylic acids is 1. The number of carboxylic acid groups (broad SMARTS) is 1. The number of nitrogens with one attached hydrogen (secondary N) is 1. The van der Waals surface area contributed by atoms with Crippen molar-refractivity contribution in [1.82, 2.24) is 4.98 Å². The Morgan fingerprint density at radius 1 is 1.67 bits per heavy atom. The molecule has 0 aliphatic rings. The highest BCUT2D eigenvalue weighted by atomic mass is 32.1. The molecule has 4 nitrogen and oxygen atoms in total. The minimum Gasteiger partial charge on any atom is -0.480 e. The van der Waals surface area contributed by atoms with E-state index >= 15 is 0 Å². The molecule has 15 heavy (non-hydrogen) atoms. The third kappa shape index (κ3) is 3.51. The largest absolute Gasteiger partial charge is 0.480 e. The summed E-state index contributed by atoms with van der Waals surface area (Å²) in [5.41, 5.74) is 1.00. The first-order chi connectivity index (χ1) is 7.17. The molecule has 0 radical (unpaired) electrons. The summed E-state index contributed by atoms with van der Waals surface area (Å²) in [6.07, 6.45) is 2.34. The number of carboxylic acids is 1. The number of rotatable bonds is 6. The zero-order chi connectivity index (χ0) is 11.3. The van der Waals surface area contributed by atoms with Crippen molar-refractivity contribution in [1.29, 1.82) is 0 Å². The van der Waals surface area contributed by atoms with Crippen LogP contribution in [0.1, 0.15) is 32.4 Å². The van der Waals surface area contributed by atoms with Gasteiger partial charge in [0.2, 0.25) is 0 Å². The van der Waals surface area contributed by atoms with Gasteiger partial charge in [-0.15, -0.1) is 11.3 Å². The molecule has 0 saturated carbocycles. The van der Waals surface area contributed by atoms with E-state index in [1.807, 2.05) is 19.2 Å². The lowest BCUT2D eigenvalue weighted by molar-refractivity contribution is -0.138. The molecule has 1 unspecified atom stereocenters. The highest BCUT2D eigenvalue weighted by Crippen LogP contribution is 2.17. The van der Waals surface area contributed by atoms with Gasteiger partial charge in [0.1, 0.15) is 6.04 Å². The molecule has 2 N–H and O–H groups in total. The van der Waals surface area contributed by atoms with E-state index in [-0.39, 0.29) is 0 Å². The highest BCUT2D eigenvalue weighted by molar-refractivity contribution is 7.13. The van der Waals surface area contributed by atoms with Gasteiger partial charge < -0.3 is 10.4 Å². The van der Waals surface area contributed by atoms with Gasteiger partial charge in [-0.3, -0.25) is 0 Å². The summed E-state index contributed by atoms with van der Waals surface area (Å²) in [6.45, 7) is 4.00. The summed E-state index contributed by atoms with van der Waals surface area (Å²) in [6, 6.07) is -0.522. The molecule has 0 aliphatic carbocycles. The molecule has 0 bridgehead atoms. The monoisotopic (exact) mass is 228 g/mol. The van der Waals surface area contributed by atoms with E-state index in [0.717, 1.165) is 18.5 Å². The molecular weight excluding hydrogens is 212 g/mol. The van der Waals surface area contributed by atoms with Crippen LogP contribution < -0.4 is 5.32 Å². The van der Waals surface area contributed by atoms with E-state index in [9.17, 15) is 4.79 Å². The number of anilines is 1. The number of nitrogens with zero attached hydrogens (tertiary/aromatic N) is 1. The molecule has 1 aromatic heterocycles. The molecule has 1 aromatic rings. The highest BCUT2D eigenvalue weighted by Gasteiger charge is 2.16. The number of carbonyl (C=O) groups is 1. The van der Waals surface area contributed by atoms with E-state index in [1.54, 1.807) is 0 Å². The number of aromatic nitrogens is 1. The average molecular weight is 228 g/mol. The SMILES string of the molecule is CCCC(Nc1nc(CC)cs1)C(=O)O. The smallest absolute Gasteiger partial charge is 0.326 e. The van der Waals surface area contributed by atoms with E-state index in [1.165, 1.54) is 11.3 Å². The second kappa shape index (κ2) is 5.70. The fourth-order valence-corrected chi connectivity index (χ4v) is 2.08. The Kier molecular flexibility index (Phi) is 4.55. The van der Waals surface area contributed by atoms with Crippen LogP contribution in [0.5, 0.6) is 0 Å². The summed E-state index contributed by atoms with van der Waals surface area (Å²) in [7, 11) is 0. The van der Waals surface area contributed by atoms with Crippen LogP contribution in [-0.2, 0) is 11.2 Å². The fraction of sp³-hybridized carbons (Fsp3) is 0.600. The predicted octanol–water partition coefficient (Wildman–Crippen LogP) is 2.37. The number of hydrogen-bond donors (Lipinski definition) is 2. The van der Waals surface area contributed by atoms with Crippen molar-refractivity contribution < 1.29 is 9.90 Å². The van der Waals surface area contributed by atoms with Crippen molar-refractivity contribution in [3.63, 3.8) is 0 Å².